The molecule has 19 heavy (non-hydrogen) atoms. The first-order chi connectivity index (χ1) is 9.06. The van der Waals surface area contributed by atoms with Gasteiger partial charge in [-0.2, -0.15) is 0 Å². The summed E-state index contributed by atoms with van der Waals surface area (Å²) in [7, 11) is 2.43. The molecule has 102 valence electrons. The van der Waals surface area contributed by atoms with Crippen LogP contribution in [0.4, 0.5) is 0 Å². The SMILES string of the molecule is C=C[C@H](c1ccccc1Cl)C(C(=O)OC)C(=O)OC. The number of hydrogen-bond donors (Lipinski definition) is 0. The van der Waals surface area contributed by atoms with Gasteiger partial charge in [-0.1, -0.05) is 35.9 Å². The van der Waals surface area contributed by atoms with E-state index in [0.717, 1.165) is 0 Å². The van der Waals surface area contributed by atoms with Crippen molar-refractivity contribution < 1.29 is 19.1 Å². The summed E-state index contributed by atoms with van der Waals surface area (Å²) in [6.07, 6.45) is 1.49. The summed E-state index contributed by atoms with van der Waals surface area (Å²) in [5, 5.41) is 0.449. The van der Waals surface area contributed by atoms with Gasteiger partial charge in [-0.25, -0.2) is 0 Å². The average molecular weight is 283 g/mol. The Balaban J connectivity index is 3.24. The van der Waals surface area contributed by atoms with Crippen molar-refractivity contribution in [3.63, 3.8) is 0 Å². The molecule has 0 spiro atoms. The first-order valence-corrected chi connectivity index (χ1v) is 5.97. The highest BCUT2D eigenvalue weighted by atomic mass is 35.5. The second kappa shape index (κ2) is 6.95. The van der Waals surface area contributed by atoms with Gasteiger partial charge >= 0.3 is 11.9 Å². The Morgan fingerprint density at radius 3 is 2.16 bits per heavy atom. The highest BCUT2D eigenvalue weighted by Crippen LogP contribution is 2.32. The number of benzene rings is 1. The second-order valence-corrected chi connectivity index (χ2v) is 4.21. The van der Waals surface area contributed by atoms with Crippen molar-refractivity contribution in [3.05, 3.63) is 47.5 Å². The van der Waals surface area contributed by atoms with E-state index in [4.69, 9.17) is 11.6 Å². The van der Waals surface area contributed by atoms with Crippen LogP contribution in [0.2, 0.25) is 5.02 Å². The molecule has 0 amide bonds. The quantitative estimate of drug-likeness (QED) is 0.473. The molecule has 0 radical (unpaired) electrons. The van der Waals surface area contributed by atoms with Crippen LogP contribution in [0.15, 0.2) is 36.9 Å². The third-order valence-corrected chi connectivity index (χ3v) is 3.13. The molecule has 0 aliphatic heterocycles. The van der Waals surface area contributed by atoms with Crippen LogP contribution in [-0.4, -0.2) is 26.2 Å². The Labute approximate surface area is 117 Å². The zero-order chi connectivity index (χ0) is 14.4. The normalized spacial score (nSPS) is 11.8. The van der Waals surface area contributed by atoms with E-state index in [2.05, 4.69) is 16.1 Å². The minimum absolute atomic E-state index is 0.449. The summed E-state index contributed by atoms with van der Waals surface area (Å²) >= 11 is 6.09. The van der Waals surface area contributed by atoms with Crippen molar-refractivity contribution in [2.45, 2.75) is 5.92 Å². The summed E-state index contributed by atoms with van der Waals surface area (Å²) in [5.41, 5.74) is 0.625. The standard InChI is InChI=1S/C14H15ClO4/c1-4-9(10-7-5-6-8-11(10)15)12(13(16)18-2)14(17)19-3/h4-9,12H,1H2,2-3H3/t9-/m1/s1. The smallest absolute Gasteiger partial charge is 0.321 e. The number of methoxy groups -OCH3 is 2. The summed E-state index contributed by atoms with van der Waals surface area (Å²) in [6, 6.07) is 6.94. The van der Waals surface area contributed by atoms with Gasteiger partial charge in [0.1, 0.15) is 0 Å². The van der Waals surface area contributed by atoms with Gasteiger partial charge in [0, 0.05) is 10.9 Å². The van der Waals surface area contributed by atoms with Gasteiger partial charge in [0.25, 0.3) is 0 Å². The fourth-order valence-electron chi connectivity index (χ4n) is 1.83. The number of hydrogen-bond acceptors (Lipinski definition) is 4. The van der Waals surface area contributed by atoms with Crippen LogP contribution in [0.1, 0.15) is 11.5 Å². The van der Waals surface area contributed by atoms with E-state index >= 15 is 0 Å². The number of carbonyl (C=O) groups excluding carboxylic acids is 2. The van der Waals surface area contributed by atoms with Gasteiger partial charge in [0.05, 0.1) is 14.2 Å². The minimum atomic E-state index is -1.12. The van der Waals surface area contributed by atoms with Crippen molar-refractivity contribution in [2.75, 3.05) is 14.2 Å². The van der Waals surface area contributed by atoms with Crippen molar-refractivity contribution in [3.8, 4) is 0 Å². The fraction of sp³-hybridized carbons (Fsp3) is 0.286. The average Bonchev–Trinajstić information content (AvgIpc) is 2.44. The summed E-state index contributed by atoms with van der Waals surface area (Å²) < 4.78 is 9.30. The van der Waals surface area contributed by atoms with Crippen LogP contribution < -0.4 is 0 Å². The van der Waals surface area contributed by atoms with Crippen LogP contribution >= 0.6 is 11.6 Å². The molecule has 1 aromatic carbocycles. The van der Waals surface area contributed by atoms with Crippen molar-refractivity contribution in [2.24, 2.45) is 5.92 Å². The Morgan fingerprint density at radius 2 is 1.74 bits per heavy atom. The minimum Gasteiger partial charge on any atom is -0.468 e. The van der Waals surface area contributed by atoms with Crippen molar-refractivity contribution >= 4 is 23.5 Å². The third kappa shape index (κ3) is 3.35. The van der Waals surface area contributed by atoms with Gasteiger partial charge in [-0.05, 0) is 11.6 Å². The summed E-state index contributed by atoms with van der Waals surface area (Å²) in [4.78, 5) is 23.6. The molecule has 0 aromatic heterocycles. The monoisotopic (exact) mass is 282 g/mol. The highest BCUT2D eigenvalue weighted by molar-refractivity contribution is 6.31. The lowest BCUT2D eigenvalue weighted by Gasteiger charge is -2.21. The maximum Gasteiger partial charge on any atom is 0.321 e. The maximum absolute atomic E-state index is 11.8. The molecule has 0 fully saturated rings. The van der Waals surface area contributed by atoms with Crippen LogP contribution in [-0.2, 0) is 19.1 Å². The van der Waals surface area contributed by atoms with Gasteiger partial charge in [-0.15, -0.1) is 6.58 Å². The number of esters is 2. The maximum atomic E-state index is 11.8. The van der Waals surface area contributed by atoms with Gasteiger partial charge in [-0.3, -0.25) is 9.59 Å². The largest absolute Gasteiger partial charge is 0.468 e. The lowest BCUT2D eigenvalue weighted by molar-refractivity contribution is -0.159. The Hall–Kier alpha value is -1.81. The molecule has 0 aliphatic carbocycles. The number of halogens is 1. The Bertz CT molecular complexity index is 468. The predicted molar refractivity (Wildman–Crippen MR) is 71.9 cm³/mol. The molecule has 0 bridgehead atoms. The Morgan fingerprint density at radius 1 is 1.21 bits per heavy atom. The van der Waals surface area contributed by atoms with Gasteiger partial charge in [0.15, 0.2) is 5.92 Å². The predicted octanol–water partition coefficient (Wildman–Crippen LogP) is 2.57. The first kappa shape index (κ1) is 15.2. The van der Waals surface area contributed by atoms with E-state index in [9.17, 15) is 9.59 Å². The lowest BCUT2D eigenvalue weighted by Crippen LogP contribution is -2.31. The van der Waals surface area contributed by atoms with Crippen molar-refractivity contribution in [1.82, 2.24) is 0 Å². The first-order valence-electron chi connectivity index (χ1n) is 5.59. The van der Waals surface area contributed by atoms with E-state index in [1.54, 1.807) is 24.3 Å². The molecular formula is C14H15ClO4. The third-order valence-electron chi connectivity index (χ3n) is 2.79. The molecule has 0 unspecified atom stereocenters. The Kier molecular flexibility index (Phi) is 5.57. The van der Waals surface area contributed by atoms with E-state index in [1.165, 1.54) is 20.3 Å². The number of carbonyl (C=O) groups is 2. The van der Waals surface area contributed by atoms with E-state index in [1.807, 2.05) is 0 Å². The van der Waals surface area contributed by atoms with Crippen molar-refractivity contribution in [1.29, 1.82) is 0 Å². The van der Waals surface area contributed by atoms with Gasteiger partial charge < -0.3 is 9.47 Å². The molecule has 1 aromatic rings. The van der Waals surface area contributed by atoms with Crippen LogP contribution in [0, 0.1) is 5.92 Å². The van der Waals surface area contributed by atoms with E-state index < -0.39 is 23.8 Å². The van der Waals surface area contributed by atoms with Crippen LogP contribution in [0.25, 0.3) is 0 Å². The molecule has 0 heterocycles. The lowest BCUT2D eigenvalue weighted by atomic mass is 9.86. The molecule has 0 N–H and O–H groups in total. The fourth-order valence-corrected chi connectivity index (χ4v) is 2.09. The van der Waals surface area contributed by atoms with E-state index in [0.29, 0.717) is 10.6 Å². The molecule has 0 saturated carbocycles. The molecule has 1 rings (SSSR count). The van der Waals surface area contributed by atoms with Crippen LogP contribution in [0.5, 0.6) is 0 Å². The summed E-state index contributed by atoms with van der Waals surface area (Å²) in [5.74, 6) is -3.09. The molecule has 0 aliphatic rings. The zero-order valence-electron chi connectivity index (χ0n) is 10.8. The number of rotatable bonds is 5. The van der Waals surface area contributed by atoms with E-state index in [-0.39, 0.29) is 0 Å². The van der Waals surface area contributed by atoms with Gasteiger partial charge in [0.2, 0.25) is 0 Å². The molecule has 5 heteroatoms. The van der Waals surface area contributed by atoms with Crippen LogP contribution in [0.3, 0.4) is 0 Å². The highest BCUT2D eigenvalue weighted by Gasteiger charge is 2.36. The molecule has 1 atom stereocenters. The zero-order valence-corrected chi connectivity index (χ0v) is 11.5. The number of ether oxygens (including phenoxy) is 2. The number of allylic oxidation sites excluding steroid dienone is 1. The molecular weight excluding hydrogens is 268 g/mol. The summed E-state index contributed by atoms with van der Waals surface area (Å²) in [6.45, 7) is 3.66. The molecule has 0 saturated heterocycles. The molecule has 4 nitrogen and oxygen atoms in total. The topological polar surface area (TPSA) is 52.6 Å². The second-order valence-electron chi connectivity index (χ2n) is 3.81.